The Balaban J connectivity index is 2.30. The predicted octanol–water partition coefficient (Wildman–Crippen LogP) is 1.49. The van der Waals surface area contributed by atoms with Crippen molar-refractivity contribution in [3.63, 3.8) is 0 Å². The summed E-state index contributed by atoms with van der Waals surface area (Å²) in [6.45, 7) is 0. The number of aromatic nitrogens is 3. The van der Waals surface area contributed by atoms with Gasteiger partial charge in [-0.15, -0.1) is 0 Å². The number of hydrogen-bond donors (Lipinski definition) is 0. The lowest BCUT2D eigenvalue weighted by molar-refractivity contribution is 0.454. The molecule has 14 heavy (non-hydrogen) atoms. The van der Waals surface area contributed by atoms with E-state index in [1.165, 1.54) is 36.6 Å². The van der Waals surface area contributed by atoms with Crippen LogP contribution in [-0.4, -0.2) is 15.0 Å². The van der Waals surface area contributed by atoms with Crippen molar-refractivity contribution in [1.82, 2.24) is 15.0 Å². The fraction of sp³-hybridized carbons (Fsp3) is 0. The molecule has 0 atom stereocenters. The molecule has 0 aliphatic heterocycles. The van der Waals surface area contributed by atoms with Crippen molar-refractivity contribution < 1.29 is 4.42 Å². The highest BCUT2D eigenvalue weighted by Crippen LogP contribution is 2.25. The van der Waals surface area contributed by atoms with E-state index in [4.69, 9.17) is 9.68 Å². The molecular formula is C8H4N4OS. The van der Waals surface area contributed by atoms with Crippen LogP contribution in [0.25, 0.3) is 0 Å². The zero-order chi connectivity index (χ0) is 9.80. The van der Waals surface area contributed by atoms with E-state index in [9.17, 15) is 0 Å². The van der Waals surface area contributed by atoms with E-state index < -0.39 is 0 Å². The van der Waals surface area contributed by atoms with Crippen molar-refractivity contribution in [3.05, 3.63) is 30.5 Å². The summed E-state index contributed by atoms with van der Waals surface area (Å²) in [5, 5.41) is 9.67. The van der Waals surface area contributed by atoms with E-state index >= 15 is 0 Å². The normalized spacial score (nSPS) is 9.64. The van der Waals surface area contributed by atoms with E-state index in [0.29, 0.717) is 10.2 Å². The Kier molecular flexibility index (Phi) is 2.42. The highest BCUT2D eigenvalue weighted by molar-refractivity contribution is 7.99. The monoisotopic (exact) mass is 204 g/mol. The number of oxazole rings is 1. The quantitative estimate of drug-likeness (QED) is 0.737. The van der Waals surface area contributed by atoms with Crippen LogP contribution in [0.15, 0.2) is 39.5 Å². The minimum atomic E-state index is 0.274. The van der Waals surface area contributed by atoms with Crippen molar-refractivity contribution in [3.8, 4) is 6.07 Å². The third-order valence-corrected chi connectivity index (χ3v) is 2.23. The molecule has 0 aliphatic rings. The molecule has 0 N–H and O–H groups in total. The Morgan fingerprint density at radius 2 is 2.07 bits per heavy atom. The molecule has 0 saturated carbocycles. The summed E-state index contributed by atoms with van der Waals surface area (Å²) in [7, 11) is 0. The van der Waals surface area contributed by atoms with Crippen molar-refractivity contribution in [2.45, 2.75) is 10.2 Å². The van der Waals surface area contributed by atoms with Crippen LogP contribution in [0.4, 0.5) is 0 Å². The molecule has 0 fully saturated rings. The van der Waals surface area contributed by atoms with Crippen LogP contribution in [0.5, 0.6) is 0 Å². The van der Waals surface area contributed by atoms with Crippen molar-refractivity contribution in [2.24, 2.45) is 0 Å². The maximum Gasteiger partial charge on any atom is 0.262 e. The minimum absolute atomic E-state index is 0.274. The van der Waals surface area contributed by atoms with Crippen LogP contribution < -0.4 is 0 Å². The van der Waals surface area contributed by atoms with Crippen molar-refractivity contribution in [1.29, 1.82) is 5.26 Å². The summed E-state index contributed by atoms with van der Waals surface area (Å²) >= 11 is 1.17. The molecule has 0 unspecified atom stereocenters. The molecule has 5 nitrogen and oxygen atoms in total. The Labute approximate surface area is 83.8 Å². The predicted molar refractivity (Wildman–Crippen MR) is 47.4 cm³/mol. The minimum Gasteiger partial charge on any atom is -0.440 e. The van der Waals surface area contributed by atoms with E-state index in [2.05, 4.69) is 15.0 Å². The molecule has 0 radical (unpaired) electrons. The van der Waals surface area contributed by atoms with E-state index in [0.717, 1.165) is 0 Å². The van der Waals surface area contributed by atoms with Gasteiger partial charge in [-0.1, -0.05) is 0 Å². The zero-order valence-corrected chi connectivity index (χ0v) is 7.73. The van der Waals surface area contributed by atoms with Gasteiger partial charge in [-0.05, 0) is 11.8 Å². The second-order valence-electron chi connectivity index (χ2n) is 2.22. The summed E-state index contributed by atoms with van der Waals surface area (Å²) in [5.41, 5.74) is 0.274. The lowest BCUT2D eigenvalue weighted by atomic mass is 10.5. The smallest absolute Gasteiger partial charge is 0.262 e. The van der Waals surface area contributed by atoms with Crippen LogP contribution in [0.3, 0.4) is 0 Å². The van der Waals surface area contributed by atoms with E-state index in [1.807, 2.05) is 6.07 Å². The van der Waals surface area contributed by atoms with Crippen LogP contribution in [0.2, 0.25) is 0 Å². The molecule has 2 aromatic rings. The maximum atomic E-state index is 8.73. The van der Waals surface area contributed by atoms with Gasteiger partial charge in [-0.2, -0.15) is 5.26 Å². The van der Waals surface area contributed by atoms with Crippen LogP contribution in [0, 0.1) is 11.3 Å². The third kappa shape index (κ3) is 1.72. The molecule has 0 amide bonds. The first kappa shape index (κ1) is 8.72. The van der Waals surface area contributed by atoms with Gasteiger partial charge >= 0.3 is 0 Å². The first-order valence-electron chi connectivity index (χ1n) is 3.68. The number of nitriles is 1. The number of hydrogen-bond acceptors (Lipinski definition) is 6. The summed E-state index contributed by atoms with van der Waals surface area (Å²) in [5.74, 6) is 0. The molecule has 6 heteroatoms. The first-order valence-corrected chi connectivity index (χ1v) is 4.50. The van der Waals surface area contributed by atoms with Crippen molar-refractivity contribution >= 4 is 11.8 Å². The molecule has 0 bridgehead atoms. The summed E-state index contributed by atoms with van der Waals surface area (Å²) in [4.78, 5) is 11.8. The zero-order valence-electron chi connectivity index (χ0n) is 6.91. The first-order chi connectivity index (χ1) is 6.90. The Morgan fingerprint density at radius 1 is 1.21 bits per heavy atom. The van der Waals surface area contributed by atoms with Crippen LogP contribution in [-0.2, 0) is 0 Å². The average molecular weight is 204 g/mol. The summed E-state index contributed by atoms with van der Waals surface area (Å²) in [6, 6.07) is 1.94. The summed E-state index contributed by atoms with van der Waals surface area (Å²) < 4.78 is 5.01. The molecular weight excluding hydrogens is 200 g/mol. The van der Waals surface area contributed by atoms with Gasteiger partial charge in [-0.3, -0.25) is 0 Å². The van der Waals surface area contributed by atoms with Crippen LogP contribution in [0.1, 0.15) is 5.69 Å². The van der Waals surface area contributed by atoms with Gasteiger partial charge in [0.15, 0.2) is 5.69 Å². The highest BCUT2D eigenvalue weighted by atomic mass is 32.2. The topological polar surface area (TPSA) is 75.6 Å². The fourth-order valence-electron chi connectivity index (χ4n) is 0.820. The van der Waals surface area contributed by atoms with Gasteiger partial charge in [0.05, 0.1) is 6.20 Å². The molecule has 0 saturated heterocycles. The largest absolute Gasteiger partial charge is 0.440 e. The molecule has 2 heterocycles. The SMILES string of the molecule is N#Cc1nccnc1Sc1ncco1. The number of rotatable bonds is 2. The van der Waals surface area contributed by atoms with Gasteiger partial charge in [0.25, 0.3) is 5.22 Å². The molecule has 0 aromatic carbocycles. The van der Waals surface area contributed by atoms with Crippen LogP contribution >= 0.6 is 11.8 Å². The van der Waals surface area contributed by atoms with Crippen molar-refractivity contribution in [2.75, 3.05) is 0 Å². The van der Waals surface area contributed by atoms with Gasteiger partial charge in [0.1, 0.15) is 17.4 Å². The Hall–Kier alpha value is -1.87. The van der Waals surface area contributed by atoms with E-state index in [1.54, 1.807) is 0 Å². The molecule has 0 spiro atoms. The second kappa shape index (κ2) is 3.89. The molecule has 0 aliphatic carbocycles. The standard InChI is InChI=1S/C8H4N4OS/c9-5-6-7(11-2-1-10-6)14-8-12-3-4-13-8/h1-4H. The second-order valence-corrected chi connectivity index (χ2v) is 3.16. The third-order valence-electron chi connectivity index (χ3n) is 1.36. The Bertz CT molecular complexity index is 462. The van der Waals surface area contributed by atoms with Gasteiger partial charge in [0, 0.05) is 12.4 Å². The molecule has 2 aromatic heterocycles. The number of nitrogens with zero attached hydrogens (tertiary/aromatic N) is 4. The maximum absolute atomic E-state index is 8.73. The molecule has 2 rings (SSSR count). The Morgan fingerprint density at radius 3 is 2.79 bits per heavy atom. The van der Waals surface area contributed by atoms with Gasteiger partial charge < -0.3 is 4.42 Å². The summed E-state index contributed by atoms with van der Waals surface area (Å²) in [6.07, 6.45) is 5.99. The fourth-order valence-corrected chi connectivity index (χ4v) is 1.51. The van der Waals surface area contributed by atoms with Gasteiger partial charge in [-0.25, -0.2) is 15.0 Å². The lowest BCUT2D eigenvalue weighted by Crippen LogP contribution is -1.89. The lowest BCUT2D eigenvalue weighted by Gasteiger charge is -1.95. The molecule has 68 valence electrons. The average Bonchev–Trinajstić information content (AvgIpc) is 2.71. The van der Waals surface area contributed by atoms with Gasteiger partial charge in [0.2, 0.25) is 0 Å². The highest BCUT2D eigenvalue weighted by Gasteiger charge is 2.08. The van der Waals surface area contributed by atoms with E-state index in [-0.39, 0.29) is 5.69 Å².